The van der Waals surface area contributed by atoms with Gasteiger partial charge in [-0.3, -0.25) is 4.79 Å². The summed E-state index contributed by atoms with van der Waals surface area (Å²) in [5.41, 5.74) is 4.56. The Balaban J connectivity index is 1.93. The van der Waals surface area contributed by atoms with E-state index in [0.717, 1.165) is 6.42 Å². The van der Waals surface area contributed by atoms with Gasteiger partial charge in [0.15, 0.2) is 0 Å². The average Bonchev–Trinajstić information content (AvgIpc) is 2.66. The van der Waals surface area contributed by atoms with Gasteiger partial charge >= 0.3 is 5.97 Å². The molecule has 3 aliphatic rings. The molecule has 0 amide bonds. The van der Waals surface area contributed by atoms with E-state index in [4.69, 9.17) is 4.74 Å². The van der Waals surface area contributed by atoms with Gasteiger partial charge in [0, 0.05) is 0 Å². The van der Waals surface area contributed by atoms with Crippen LogP contribution in [0.15, 0.2) is 22.8 Å². The lowest BCUT2D eigenvalue weighted by Crippen LogP contribution is -2.37. The Bertz CT molecular complexity index is 499. The summed E-state index contributed by atoms with van der Waals surface area (Å²) in [5, 5.41) is 0. The zero-order chi connectivity index (χ0) is 13.8. The second-order valence-corrected chi connectivity index (χ2v) is 7.01. The van der Waals surface area contributed by atoms with Crippen LogP contribution in [-0.4, -0.2) is 12.6 Å². The lowest BCUT2D eigenvalue weighted by atomic mass is 9.55. The number of allylic oxidation sites excluding steroid dienone is 3. The number of hydrogen-bond acceptors (Lipinski definition) is 2. The summed E-state index contributed by atoms with van der Waals surface area (Å²) in [4.78, 5) is 12.2. The second kappa shape index (κ2) is 3.97. The number of fused-ring (bicyclic) bond motifs is 2. The molecule has 0 aromatic rings. The molecule has 19 heavy (non-hydrogen) atoms. The van der Waals surface area contributed by atoms with Gasteiger partial charge in [-0.05, 0) is 68.9 Å². The Labute approximate surface area is 115 Å². The fraction of sp³-hybridized carbons (Fsp3) is 0.706. The lowest BCUT2D eigenvalue weighted by molar-refractivity contribution is -0.151. The summed E-state index contributed by atoms with van der Waals surface area (Å²) in [6.45, 7) is 9.04. The van der Waals surface area contributed by atoms with Gasteiger partial charge in [-0.15, -0.1) is 0 Å². The summed E-state index contributed by atoms with van der Waals surface area (Å²) in [6.07, 6.45) is 6.93. The highest BCUT2D eigenvalue weighted by Crippen LogP contribution is 2.61. The zero-order valence-electron chi connectivity index (χ0n) is 12.5. The molecule has 0 aromatic carbocycles. The van der Waals surface area contributed by atoms with E-state index in [0.29, 0.717) is 17.9 Å². The van der Waals surface area contributed by atoms with Crippen LogP contribution in [0.5, 0.6) is 0 Å². The van der Waals surface area contributed by atoms with Crippen LogP contribution in [0, 0.1) is 16.7 Å². The molecule has 0 spiro atoms. The molecule has 1 fully saturated rings. The number of carbonyl (C=O) groups excluding carboxylic acids is 1. The highest BCUT2D eigenvalue weighted by Gasteiger charge is 2.51. The quantitative estimate of drug-likeness (QED) is 0.701. The molecular weight excluding hydrogens is 236 g/mol. The first-order chi connectivity index (χ1) is 8.89. The number of ether oxygens (including phenoxy) is 1. The van der Waals surface area contributed by atoms with Crippen LogP contribution in [0.2, 0.25) is 0 Å². The van der Waals surface area contributed by atoms with Gasteiger partial charge in [0.1, 0.15) is 0 Å². The van der Waals surface area contributed by atoms with Crippen LogP contribution in [0.3, 0.4) is 0 Å². The molecule has 0 radical (unpaired) electrons. The van der Waals surface area contributed by atoms with Crippen molar-refractivity contribution in [3.8, 4) is 0 Å². The minimum atomic E-state index is -0.405. The average molecular weight is 260 g/mol. The molecular formula is C17H24O2. The molecule has 0 bridgehead atoms. The molecule has 0 N–H and O–H groups in total. The minimum absolute atomic E-state index is 0.0489. The molecule has 104 valence electrons. The van der Waals surface area contributed by atoms with Crippen LogP contribution in [0.25, 0.3) is 0 Å². The highest BCUT2D eigenvalue weighted by molar-refractivity contribution is 5.80. The van der Waals surface area contributed by atoms with Crippen molar-refractivity contribution in [3.63, 3.8) is 0 Å². The minimum Gasteiger partial charge on any atom is -0.465 e. The van der Waals surface area contributed by atoms with Crippen molar-refractivity contribution in [3.05, 3.63) is 22.8 Å². The molecule has 0 unspecified atom stereocenters. The van der Waals surface area contributed by atoms with Crippen LogP contribution >= 0.6 is 0 Å². The van der Waals surface area contributed by atoms with Crippen LogP contribution in [-0.2, 0) is 9.53 Å². The van der Waals surface area contributed by atoms with Gasteiger partial charge < -0.3 is 4.74 Å². The molecule has 0 saturated heterocycles. The number of carbonyl (C=O) groups is 1. The Morgan fingerprint density at radius 2 is 2.16 bits per heavy atom. The number of hydrogen-bond donors (Lipinski definition) is 0. The van der Waals surface area contributed by atoms with Gasteiger partial charge in [0.25, 0.3) is 0 Å². The Morgan fingerprint density at radius 1 is 1.42 bits per heavy atom. The van der Waals surface area contributed by atoms with E-state index in [-0.39, 0.29) is 5.97 Å². The maximum absolute atomic E-state index is 12.2. The van der Waals surface area contributed by atoms with E-state index in [1.165, 1.54) is 30.4 Å². The molecule has 2 nitrogen and oxygen atoms in total. The van der Waals surface area contributed by atoms with Crippen molar-refractivity contribution in [1.82, 2.24) is 0 Å². The standard InChI is InChI=1S/C17H24O2/c1-5-19-15(18)17(4)9-12-8-16(3)7-6-14(16)11(2)13(12)10-17/h10,12H,5-9H2,1-4H3/t12-,16+,17+/m1/s1. The smallest absolute Gasteiger partial charge is 0.315 e. The summed E-state index contributed by atoms with van der Waals surface area (Å²) in [5.74, 6) is 0.510. The molecule has 2 heteroatoms. The predicted molar refractivity (Wildman–Crippen MR) is 75.6 cm³/mol. The highest BCUT2D eigenvalue weighted by atomic mass is 16.5. The topological polar surface area (TPSA) is 26.3 Å². The summed E-state index contributed by atoms with van der Waals surface area (Å²) in [7, 11) is 0. The maximum Gasteiger partial charge on any atom is 0.315 e. The molecule has 3 rings (SSSR count). The van der Waals surface area contributed by atoms with Gasteiger partial charge in [-0.25, -0.2) is 0 Å². The second-order valence-electron chi connectivity index (χ2n) is 7.01. The Kier molecular flexibility index (Phi) is 2.71. The number of esters is 1. The van der Waals surface area contributed by atoms with Gasteiger partial charge in [0.05, 0.1) is 12.0 Å². The van der Waals surface area contributed by atoms with Crippen molar-refractivity contribution in [1.29, 1.82) is 0 Å². The lowest BCUT2D eigenvalue weighted by Gasteiger charge is -2.49. The van der Waals surface area contributed by atoms with Crippen LogP contribution in [0.1, 0.15) is 53.4 Å². The molecule has 1 saturated carbocycles. The molecule has 3 atom stereocenters. The first-order valence-corrected chi connectivity index (χ1v) is 7.50. The van der Waals surface area contributed by atoms with Gasteiger partial charge in [-0.2, -0.15) is 0 Å². The fourth-order valence-electron chi connectivity index (χ4n) is 4.44. The summed E-state index contributed by atoms with van der Waals surface area (Å²) < 4.78 is 5.26. The molecule has 3 aliphatic carbocycles. The predicted octanol–water partition coefficient (Wildman–Crippen LogP) is 4.02. The summed E-state index contributed by atoms with van der Waals surface area (Å²) in [6, 6.07) is 0. The van der Waals surface area contributed by atoms with Crippen molar-refractivity contribution in [2.45, 2.75) is 53.4 Å². The van der Waals surface area contributed by atoms with Crippen LogP contribution in [0.4, 0.5) is 0 Å². The Hall–Kier alpha value is -1.05. The van der Waals surface area contributed by atoms with Crippen molar-refractivity contribution in [2.75, 3.05) is 6.61 Å². The number of rotatable bonds is 2. The first kappa shape index (κ1) is 13.0. The Morgan fingerprint density at radius 3 is 2.74 bits per heavy atom. The first-order valence-electron chi connectivity index (χ1n) is 7.50. The third kappa shape index (κ3) is 1.72. The maximum atomic E-state index is 12.2. The van der Waals surface area contributed by atoms with Gasteiger partial charge in [0.2, 0.25) is 0 Å². The summed E-state index contributed by atoms with van der Waals surface area (Å²) >= 11 is 0. The molecule has 0 aromatic heterocycles. The van der Waals surface area contributed by atoms with Crippen LogP contribution < -0.4 is 0 Å². The SMILES string of the molecule is CCOC(=O)[C@]1(C)C=C2C(C)=C3CC[C@@]3(C)C[C@@H]2C1. The normalized spacial score (nSPS) is 40.2. The van der Waals surface area contributed by atoms with E-state index in [9.17, 15) is 4.79 Å². The monoisotopic (exact) mass is 260 g/mol. The molecule has 0 aliphatic heterocycles. The third-order valence-corrected chi connectivity index (χ3v) is 5.56. The molecule has 0 heterocycles. The third-order valence-electron chi connectivity index (χ3n) is 5.56. The fourth-order valence-corrected chi connectivity index (χ4v) is 4.44. The largest absolute Gasteiger partial charge is 0.465 e. The van der Waals surface area contributed by atoms with E-state index < -0.39 is 5.41 Å². The van der Waals surface area contributed by atoms with E-state index in [2.05, 4.69) is 19.9 Å². The van der Waals surface area contributed by atoms with E-state index >= 15 is 0 Å². The van der Waals surface area contributed by atoms with Crippen molar-refractivity contribution < 1.29 is 9.53 Å². The van der Waals surface area contributed by atoms with Crippen molar-refractivity contribution >= 4 is 5.97 Å². The zero-order valence-corrected chi connectivity index (χ0v) is 12.5. The van der Waals surface area contributed by atoms with Gasteiger partial charge in [-0.1, -0.05) is 18.6 Å². The van der Waals surface area contributed by atoms with E-state index in [1.807, 2.05) is 13.8 Å². The van der Waals surface area contributed by atoms with E-state index in [1.54, 1.807) is 5.57 Å². The van der Waals surface area contributed by atoms with Crippen molar-refractivity contribution in [2.24, 2.45) is 16.7 Å².